The summed E-state index contributed by atoms with van der Waals surface area (Å²) in [7, 11) is 0. The molecule has 0 radical (unpaired) electrons. The lowest BCUT2D eigenvalue weighted by Crippen LogP contribution is -2.23. The first-order valence-corrected chi connectivity index (χ1v) is 7.96. The summed E-state index contributed by atoms with van der Waals surface area (Å²) in [5.74, 6) is 0.581. The van der Waals surface area contributed by atoms with E-state index in [-0.39, 0.29) is 5.60 Å². The van der Waals surface area contributed by atoms with Crippen LogP contribution in [0.2, 0.25) is 0 Å². The van der Waals surface area contributed by atoms with Crippen LogP contribution in [0.3, 0.4) is 0 Å². The summed E-state index contributed by atoms with van der Waals surface area (Å²) in [6, 6.07) is 9.69. The summed E-state index contributed by atoms with van der Waals surface area (Å²) < 4.78 is 5.94. The normalized spacial score (nSPS) is 17.2. The van der Waals surface area contributed by atoms with Gasteiger partial charge in [-0.05, 0) is 50.2 Å². The molecule has 20 heavy (non-hydrogen) atoms. The van der Waals surface area contributed by atoms with Crippen molar-refractivity contribution in [1.82, 2.24) is 5.32 Å². The predicted octanol–water partition coefficient (Wildman–Crippen LogP) is 4.25. The van der Waals surface area contributed by atoms with Crippen LogP contribution in [0.4, 0.5) is 0 Å². The zero-order valence-corrected chi connectivity index (χ0v) is 13.4. The molecule has 0 aliphatic heterocycles. The lowest BCUT2D eigenvalue weighted by Gasteiger charge is -2.23. The van der Waals surface area contributed by atoms with Gasteiger partial charge in [-0.2, -0.15) is 0 Å². The highest BCUT2D eigenvalue weighted by Gasteiger charge is 2.21. The Kier molecular flexibility index (Phi) is 5.22. The number of hydrogen-bond acceptors (Lipinski definition) is 2. The predicted molar refractivity (Wildman–Crippen MR) is 85.0 cm³/mol. The van der Waals surface area contributed by atoms with Crippen molar-refractivity contribution >= 4 is 0 Å². The van der Waals surface area contributed by atoms with Gasteiger partial charge in [-0.15, -0.1) is 0 Å². The SMILES string of the molecule is CCC(C)(C)OCc1ccc(C(C)CNC2CC2)cc1. The third-order valence-corrected chi connectivity index (χ3v) is 4.32. The molecular weight excluding hydrogens is 246 g/mol. The molecule has 1 aromatic carbocycles. The largest absolute Gasteiger partial charge is 0.371 e. The van der Waals surface area contributed by atoms with Crippen molar-refractivity contribution in [2.45, 2.75) is 71.1 Å². The van der Waals surface area contributed by atoms with Crippen molar-refractivity contribution in [2.24, 2.45) is 0 Å². The molecule has 0 amide bonds. The fraction of sp³-hybridized carbons (Fsp3) is 0.667. The second-order valence-electron chi connectivity index (χ2n) is 6.73. The van der Waals surface area contributed by atoms with Gasteiger partial charge in [-0.1, -0.05) is 38.1 Å². The summed E-state index contributed by atoms with van der Waals surface area (Å²) in [6.45, 7) is 10.5. The Balaban J connectivity index is 1.82. The van der Waals surface area contributed by atoms with Gasteiger partial charge in [-0.25, -0.2) is 0 Å². The molecule has 1 N–H and O–H groups in total. The van der Waals surface area contributed by atoms with Crippen LogP contribution in [0, 0.1) is 0 Å². The second kappa shape index (κ2) is 6.73. The molecule has 2 rings (SSSR count). The van der Waals surface area contributed by atoms with E-state index in [1.807, 2.05) is 0 Å². The van der Waals surface area contributed by atoms with Gasteiger partial charge in [0, 0.05) is 12.6 Å². The molecule has 1 atom stereocenters. The Hall–Kier alpha value is -0.860. The molecule has 2 heteroatoms. The maximum absolute atomic E-state index is 5.94. The summed E-state index contributed by atoms with van der Waals surface area (Å²) in [5.41, 5.74) is 2.65. The number of hydrogen-bond donors (Lipinski definition) is 1. The average Bonchev–Trinajstić information content (AvgIpc) is 3.27. The zero-order chi connectivity index (χ0) is 14.6. The molecule has 1 saturated carbocycles. The van der Waals surface area contributed by atoms with Crippen molar-refractivity contribution in [3.63, 3.8) is 0 Å². The summed E-state index contributed by atoms with van der Waals surface area (Å²) in [4.78, 5) is 0. The van der Waals surface area contributed by atoms with Crippen molar-refractivity contribution in [1.29, 1.82) is 0 Å². The highest BCUT2D eigenvalue weighted by atomic mass is 16.5. The lowest BCUT2D eigenvalue weighted by molar-refractivity contribution is -0.0316. The zero-order valence-electron chi connectivity index (χ0n) is 13.4. The van der Waals surface area contributed by atoms with Gasteiger partial charge >= 0.3 is 0 Å². The molecule has 1 aliphatic carbocycles. The first-order valence-electron chi connectivity index (χ1n) is 7.96. The molecule has 0 spiro atoms. The molecule has 1 unspecified atom stereocenters. The van der Waals surface area contributed by atoms with Crippen molar-refractivity contribution in [3.05, 3.63) is 35.4 Å². The van der Waals surface area contributed by atoms with Crippen molar-refractivity contribution in [2.75, 3.05) is 6.54 Å². The Morgan fingerprint density at radius 2 is 1.90 bits per heavy atom. The highest BCUT2D eigenvalue weighted by molar-refractivity contribution is 5.25. The molecule has 0 aromatic heterocycles. The number of nitrogens with one attached hydrogen (secondary N) is 1. The third kappa shape index (κ3) is 4.92. The molecule has 2 nitrogen and oxygen atoms in total. The smallest absolute Gasteiger partial charge is 0.0724 e. The van der Waals surface area contributed by atoms with Crippen molar-refractivity contribution < 1.29 is 4.74 Å². The number of rotatable bonds is 8. The van der Waals surface area contributed by atoms with Gasteiger partial charge in [0.2, 0.25) is 0 Å². The average molecular weight is 275 g/mol. The monoisotopic (exact) mass is 275 g/mol. The van der Waals surface area contributed by atoms with Crippen LogP contribution in [-0.4, -0.2) is 18.2 Å². The maximum Gasteiger partial charge on any atom is 0.0724 e. The Morgan fingerprint density at radius 3 is 2.45 bits per heavy atom. The molecule has 1 aromatic rings. The van der Waals surface area contributed by atoms with Crippen LogP contribution in [0.15, 0.2) is 24.3 Å². The van der Waals surface area contributed by atoms with E-state index in [2.05, 4.69) is 57.3 Å². The van der Waals surface area contributed by atoms with E-state index in [4.69, 9.17) is 4.74 Å². The van der Waals surface area contributed by atoms with E-state index >= 15 is 0 Å². The third-order valence-electron chi connectivity index (χ3n) is 4.32. The molecule has 0 bridgehead atoms. The van der Waals surface area contributed by atoms with E-state index in [1.54, 1.807) is 0 Å². The van der Waals surface area contributed by atoms with Crippen LogP contribution in [0.5, 0.6) is 0 Å². The van der Waals surface area contributed by atoms with Gasteiger partial charge < -0.3 is 10.1 Å². The van der Waals surface area contributed by atoms with Gasteiger partial charge in [0.15, 0.2) is 0 Å². The molecule has 1 aliphatic rings. The highest BCUT2D eigenvalue weighted by Crippen LogP contribution is 2.22. The molecule has 112 valence electrons. The fourth-order valence-electron chi connectivity index (χ4n) is 2.07. The molecule has 1 fully saturated rings. The Bertz CT molecular complexity index is 406. The first kappa shape index (κ1) is 15.5. The van der Waals surface area contributed by atoms with E-state index in [1.165, 1.54) is 24.0 Å². The van der Waals surface area contributed by atoms with Crippen LogP contribution in [0.25, 0.3) is 0 Å². The Morgan fingerprint density at radius 1 is 1.25 bits per heavy atom. The standard InChI is InChI=1S/C18H29NO/c1-5-18(3,4)20-13-15-6-8-16(9-7-15)14(2)12-19-17-10-11-17/h6-9,14,17,19H,5,10-13H2,1-4H3. The summed E-state index contributed by atoms with van der Waals surface area (Å²) in [5, 5.41) is 3.60. The van der Waals surface area contributed by atoms with Gasteiger partial charge in [0.05, 0.1) is 12.2 Å². The van der Waals surface area contributed by atoms with Crippen molar-refractivity contribution in [3.8, 4) is 0 Å². The topological polar surface area (TPSA) is 21.3 Å². The Labute approximate surface area is 123 Å². The minimum absolute atomic E-state index is 0.0276. The minimum Gasteiger partial charge on any atom is -0.371 e. The van der Waals surface area contributed by atoms with Crippen LogP contribution in [0.1, 0.15) is 64.0 Å². The maximum atomic E-state index is 5.94. The fourth-order valence-corrected chi connectivity index (χ4v) is 2.07. The van der Waals surface area contributed by atoms with Gasteiger partial charge in [-0.3, -0.25) is 0 Å². The van der Waals surface area contributed by atoms with Crippen LogP contribution < -0.4 is 5.32 Å². The minimum atomic E-state index is -0.0276. The number of ether oxygens (including phenoxy) is 1. The second-order valence-corrected chi connectivity index (χ2v) is 6.73. The van der Waals surface area contributed by atoms with E-state index in [9.17, 15) is 0 Å². The quantitative estimate of drug-likeness (QED) is 0.766. The lowest BCUT2D eigenvalue weighted by atomic mass is 10.00. The van der Waals surface area contributed by atoms with E-state index in [0.717, 1.165) is 19.0 Å². The molecular formula is C18H29NO. The molecule has 0 heterocycles. The van der Waals surface area contributed by atoms with Crippen LogP contribution in [-0.2, 0) is 11.3 Å². The molecule has 0 saturated heterocycles. The van der Waals surface area contributed by atoms with E-state index in [0.29, 0.717) is 12.5 Å². The summed E-state index contributed by atoms with van der Waals surface area (Å²) >= 11 is 0. The first-order chi connectivity index (χ1) is 9.50. The van der Waals surface area contributed by atoms with E-state index < -0.39 is 0 Å². The summed E-state index contributed by atoms with van der Waals surface area (Å²) in [6.07, 6.45) is 3.75. The number of benzene rings is 1. The van der Waals surface area contributed by atoms with Gasteiger partial charge in [0.1, 0.15) is 0 Å². The van der Waals surface area contributed by atoms with Gasteiger partial charge in [0.25, 0.3) is 0 Å². The van der Waals surface area contributed by atoms with Crippen LogP contribution >= 0.6 is 0 Å².